The van der Waals surface area contributed by atoms with E-state index >= 15 is 0 Å². The number of benzene rings is 1. The number of hydrogen-bond donors (Lipinski definition) is 1. The van der Waals surface area contributed by atoms with Crippen molar-refractivity contribution in [2.75, 3.05) is 6.54 Å². The van der Waals surface area contributed by atoms with Crippen LogP contribution in [-0.4, -0.2) is 30.7 Å². The summed E-state index contributed by atoms with van der Waals surface area (Å²) in [5, 5.41) is 2.72. The molecule has 0 aliphatic carbocycles. The normalized spacial score (nSPS) is 13.1. The van der Waals surface area contributed by atoms with E-state index in [2.05, 4.69) is 0 Å². The molecule has 0 spiro atoms. The van der Waals surface area contributed by atoms with E-state index in [1.807, 2.05) is 24.3 Å². The number of alkyl halides is 3. The maximum Gasteiger partial charge on any atom is 0.405 e. The highest BCUT2D eigenvalue weighted by Gasteiger charge is 2.29. The number of carbonyl (C=O) groups excluding carboxylic acids is 2. The Kier molecular flexibility index (Phi) is 4.70. The van der Waals surface area contributed by atoms with Crippen molar-refractivity contribution < 1.29 is 27.5 Å². The average molecular weight is 387 g/mol. The molecule has 0 unspecified atom stereocenters. The lowest BCUT2D eigenvalue weighted by Crippen LogP contribution is -2.40. The molecule has 4 nitrogen and oxygen atoms in total. The minimum absolute atomic E-state index is 0.308. The molecular weight excluding hydrogens is 375 g/mol. The van der Waals surface area contributed by atoms with E-state index in [0.717, 1.165) is 19.5 Å². The molecular formula is C16H12F3NO3S2. The molecule has 1 N–H and O–H groups in total. The van der Waals surface area contributed by atoms with E-state index in [4.69, 9.17) is 4.74 Å². The van der Waals surface area contributed by atoms with Crippen LogP contribution in [0.25, 0.3) is 19.5 Å². The lowest BCUT2D eigenvalue weighted by Gasteiger charge is -2.13. The van der Waals surface area contributed by atoms with E-state index in [1.165, 1.54) is 29.6 Å². The van der Waals surface area contributed by atoms with Crippen molar-refractivity contribution in [3.8, 4) is 0 Å². The van der Waals surface area contributed by atoms with Crippen molar-refractivity contribution in [2.24, 2.45) is 0 Å². The average Bonchev–Trinajstić information content (AvgIpc) is 3.09. The fourth-order valence-corrected chi connectivity index (χ4v) is 4.61. The van der Waals surface area contributed by atoms with Crippen molar-refractivity contribution >= 4 is 54.0 Å². The number of hydrogen-bond acceptors (Lipinski definition) is 5. The van der Waals surface area contributed by atoms with Gasteiger partial charge in [0.15, 0.2) is 6.10 Å². The summed E-state index contributed by atoms with van der Waals surface area (Å²) in [6, 6.07) is 9.44. The number of fused-ring (bicyclic) bond motifs is 3. The van der Waals surface area contributed by atoms with Crippen LogP contribution >= 0.6 is 22.7 Å². The molecule has 1 atom stereocenters. The van der Waals surface area contributed by atoms with Gasteiger partial charge in [-0.25, -0.2) is 4.79 Å². The van der Waals surface area contributed by atoms with Gasteiger partial charge in [-0.15, -0.1) is 22.7 Å². The molecule has 3 rings (SSSR count). The minimum Gasteiger partial charge on any atom is -0.448 e. The van der Waals surface area contributed by atoms with Gasteiger partial charge in [-0.05, 0) is 19.1 Å². The summed E-state index contributed by atoms with van der Waals surface area (Å²) in [6.45, 7) is -0.233. The van der Waals surface area contributed by atoms with Crippen molar-refractivity contribution in [3.05, 3.63) is 35.2 Å². The first-order valence-electron chi connectivity index (χ1n) is 7.21. The second-order valence-corrected chi connectivity index (χ2v) is 7.42. The molecule has 0 saturated heterocycles. The number of nitrogens with one attached hydrogen (secondary N) is 1. The first-order chi connectivity index (χ1) is 11.7. The van der Waals surface area contributed by atoms with Crippen LogP contribution in [0.1, 0.15) is 16.6 Å². The van der Waals surface area contributed by atoms with Gasteiger partial charge >= 0.3 is 12.1 Å². The molecule has 0 fully saturated rings. The quantitative estimate of drug-likeness (QED) is 0.678. The van der Waals surface area contributed by atoms with Gasteiger partial charge in [-0.3, -0.25) is 4.79 Å². The largest absolute Gasteiger partial charge is 0.448 e. The highest BCUT2D eigenvalue weighted by atomic mass is 32.1. The van der Waals surface area contributed by atoms with E-state index in [-0.39, 0.29) is 0 Å². The summed E-state index contributed by atoms with van der Waals surface area (Å²) in [5.74, 6) is -1.72. The maximum atomic E-state index is 12.2. The molecule has 2 aromatic heterocycles. The van der Waals surface area contributed by atoms with Crippen LogP contribution in [0.2, 0.25) is 0 Å². The molecule has 9 heteroatoms. The van der Waals surface area contributed by atoms with Gasteiger partial charge in [-0.1, -0.05) is 18.2 Å². The standard InChI is InChI=1S/C16H12F3NO3S2/c1-8(14(21)20-7-16(17,18)19)23-15(22)12-6-11-13(25-12)9-4-2-3-5-10(9)24-11/h2-6,8H,7H2,1H3,(H,20,21)/t8-/m1/s1. The highest BCUT2D eigenvalue weighted by Crippen LogP contribution is 2.39. The van der Waals surface area contributed by atoms with Gasteiger partial charge < -0.3 is 10.1 Å². The fraction of sp³-hybridized carbons (Fsp3) is 0.250. The summed E-state index contributed by atoms with van der Waals surface area (Å²) in [4.78, 5) is 24.0. The Morgan fingerprint density at radius 2 is 1.92 bits per heavy atom. The molecule has 25 heavy (non-hydrogen) atoms. The summed E-state index contributed by atoms with van der Waals surface area (Å²) >= 11 is 2.77. The number of carbonyl (C=O) groups is 2. The van der Waals surface area contributed by atoms with E-state index < -0.39 is 30.7 Å². The third-order valence-corrected chi connectivity index (χ3v) is 5.76. The minimum atomic E-state index is -4.52. The van der Waals surface area contributed by atoms with Gasteiger partial charge in [0.2, 0.25) is 0 Å². The molecule has 1 aromatic carbocycles. The monoisotopic (exact) mass is 387 g/mol. The zero-order chi connectivity index (χ0) is 18.2. The van der Waals surface area contributed by atoms with Crippen LogP contribution < -0.4 is 5.32 Å². The Morgan fingerprint density at radius 1 is 1.20 bits per heavy atom. The predicted molar refractivity (Wildman–Crippen MR) is 91.2 cm³/mol. The van der Waals surface area contributed by atoms with Crippen molar-refractivity contribution in [3.63, 3.8) is 0 Å². The van der Waals surface area contributed by atoms with Gasteiger partial charge in [0.25, 0.3) is 5.91 Å². The maximum absolute atomic E-state index is 12.2. The summed E-state index contributed by atoms with van der Waals surface area (Å²) in [7, 11) is 0. The third kappa shape index (κ3) is 3.93. The Labute approximate surface area is 148 Å². The van der Waals surface area contributed by atoms with E-state index in [1.54, 1.807) is 11.4 Å². The van der Waals surface area contributed by atoms with E-state index in [0.29, 0.717) is 4.88 Å². The van der Waals surface area contributed by atoms with Gasteiger partial charge in [-0.2, -0.15) is 13.2 Å². The van der Waals surface area contributed by atoms with Crippen LogP contribution in [0.15, 0.2) is 30.3 Å². The number of thiophene rings is 2. The third-order valence-electron chi connectivity index (χ3n) is 3.37. The topological polar surface area (TPSA) is 55.4 Å². The van der Waals surface area contributed by atoms with E-state index in [9.17, 15) is 22.8 Å². The Morgan fingerprint density at radius 3 is 2.64 bits per heavy atom. The molecule has 3 aromatic rings. The Balaban J connectivity index is 1.70. The van der Waals surface area contributed by atoms with Gasteiger partial charge in [0, 0.05) is 14.8 Å². The zero-order valence-electron chi connectivity index (χ0n) is 12.8. The lowest BCUT2D eigenvalue weighted by molar-refractivity contribution is -0.143. The van der Waals surface area contributed by atoms with Gasteiger partial charge in [0.1, 0.15) is 11.4 Å². The molecule has 0 radical (unpaired) electrons. The Bertz CT molecular complexity index is 945. The molecule has 0 bridgehead atoms. The van der Waals surface area contributed by atoms with Crippen LogP contribution in [0.3, 0.4) is 0 Å². The molecule has 2 heterocycles. The molecule has 0 aliphatic rings. The smallest absolute Gasteiger partial charge is 0.405 e. The van der Waals surface area contributed by atoms with Crippen molar-refractivity contribution in [1.82, 2.24) is 5.32 Å². The summed E-state index contributed by atoms with van der Waals surface area (Å²) in [5.41, 5.74) is 0. The zero-order valence-corrected chi connectivity index (χ0v) is 14.5. The van der Waals surface area contributed by atoms with Crippen LogP contribution in [0, 0.1) is 0 Å². The molecule has 0 saturated carbocycles. The number of rotatable bonds is 4. The lowest BCUT2D eigenvalue weighted by atomic mass is 10.2. The molecule has 1 amide bonds. The molecule has 132 valence electrons. The Hall–Kier alpha value is -2.13. The summed E-state index contributed by atoms with van der Waals surface area (Å²) in [6.07, 6.45) is -5.83. The van der Waals surface area contributed by atoms with Crippen LogP contribution in [-0.2, 0) is 9.53 Å². The second-order valence-electron chi connectivity index (χ2n) is 5.28. The second kappa shape index (κ2) is 6.64. The predicted octanol–water partition coefficient (Wildman–Crippen LogP) is 4.34. The SMILES string of the molecule is C[C@@H](OC(=O)c1cc2sc3ccccc3c2s1)C(=O)NCC(F)(F)F. The van der Waals surface area contributed by atoms with Crippen molar-refractivity contribution in [2.45, 2.75) is 19.2 Å². The number of halogens is 3. The van der Waals surface area contributed by atoms with Crippen LogP contribution in [0.5, 0.6) is 0 Å². The van der Waals surface area contributed by atoms with Gasteiger partial charge in [0.05, 0.1) is 4.70 Å². The first kappa shape index (κ1) is 17.7. The number of ether oxygens (including phenoxy) is 1. The number of amides is 1. The van der Waals surface area contributed by atoms with Crippen molar-refractivity contribution in [1.29, 1.82) is 0 Å². The fourth-order valence-electron chi connectivity index (χ4n) is 2.20. The molecule has 0 aliphatic heterocycles. The summed E-state index contributed by atoms with van der Waals surface area (Å²) < 4.78 is 44.2. The number of esters is 1. The highest BCUT2D eigenvalue weighted by molar-refractivity contribution is 7.33. The first-order valence-corrected chi connectivity index (χ1v) is 8.84. The van der Waals surface area contributed by atoms with Crippen LogP contribution in [0.4, 0.5) is 13.2 Å².